The van der Waals surface area contributed by atoms with Gasteiger partial charge in [-0.1, -0.05) is 159 Å². The highest BCUT2D eigenvalue weighted by atomic mass is 16.6. The summed E-state index contributed by atoms with van der Waals surface area (Å²) >= 11 is 0. The fraction of sp³-hybridized carbons (Fsp3) is 0.214. The molecule has 8 heteroatoms. The minimum atomic E-state index is -0.644. The molecule has 0 aliphatic carbocycles. The van der Waals surface area contributed by atoms with Gasteiger partial charge in [0.1, 0.15) is 38.2 Å². The van der Waals surface area contributed by atoms with Crippen molar-refractivity contribution in [2.75, 3.05) is 53.9 Å². The van der Waals surface area contributed by atoms with Gasteiger partial charge in [0.15, 0.2) is 0 Å². The zero-order valence-electron chi connectivity index (χ0n) is 37.3. The molecule has 0 atom stereocenters. The summed E-state index contributed by atoms with van der Waals surface area (Å²) in [7, 11) is 3.65. The number of hydrogen-bond donors (Lipinski definition) is 0. The molecule has 0 radical (unpaired) electrons. The highest BCUT2D eigenvalue weighted by Crippen LogP contribution is 2.36. The van der Waals surface area contributed by atoms with Crippen molar-refractivity contribution < 1.29 is 28.5 Å². The number of carbonyl (C=O) groups excluding carboxylic acids is 2. The molecular formula is C56H58N2O6. The lowest BCUT2D eigenvalue weighted by atomic mass is 9.88. The average Bonchev–Trinajstić information content (AvgIpc) is 3.34. The number of likely N-dealkylation sites (N-methyl/N-ethyl adjacent to an activating group) is 2. The van der Waals surface area contributed by atoms with Gasteiger partial charge in [-0.05, 0) is 107 Å². The van der Waals surface area contributed by atoms with E-state index in [4.69, 9.17) is 18.9 Å². The number of carbonyl (C=O) groups is 2. The number of benzene rings is 6. The fourth-order valence-electron chi connectivity index (χ4n) is 7.35. The Bertz CT molecular complexity index is 2270. The van der Waals surface area contributed by atoms with Crippen LogP contribution in [0.1, 0.15) is 60.1 Å². The van der Waals surface area contributed by atoms with Gasteiger partial charge in [0.25, 0.3) is 0 Å². The molecule has 0 fully saturated rings. The van der Waals surface area contributed by atoms with Crippen LogP contribution < -0.4 is 9.47 Å². The van der Waals surface area contributed by atoms with Gasteiger partial charge in [0.05, 0.1) is 0 Å². The first kappa shape index (κ1) is 46.5. The van der Waals surface area contributed by atoms with Crippen LogP contribution in [0.5, 0.6) is 11.5 Å². The molecule has 0 saturated heterocycles. The van der Waals surface area contributed by atoms with Crippen molar-refractivity contribution in [1.82, 2.24) is 9.80 Å². The van der Waals surface area contributed by atoms with Gasteiger partial charge in [0.2, 0.25) is 0 Å². The maximum atomic E-state index is 12.3. The van der Waals surface area contributed by atoms with Crippen molar-refractivity contribution >= 4 is 34.2 Å². The Hall–Kier alpha value is -7.00. The van der Waals surface area contributed by atoms with Crippen LogP contribution in [0.15, 0.2) is 182 Å². The Morgan fingerprint density at radius 2 is 0.719 bits per heavy atom. The third kappa shape index (κ3) is 13.8. The monoisotopic (exact) mass is 854 g/mol. The van der Waals surface area contributed by atoms with Gasteiger partial charge < -0.3 is 18.9 Å². The van der Waals surface area contributed by atoms with E-state index in [0.717, 1.165) is 47.6 Å². The first-order chi connectivity index (χ1) is 31.3. The summed E-state index contributed by atoms with van der Waals surface area (Å²) in [5.41, 5.74) is 11.9. The number of rotatable bonds is 22. The van der Waals surface area contributed by atoms with E-state index < -0.39 is 11.9 Å². The van der Waals surface area contributed by atoms with Crippen LogP contribution in [0.2, 0.25) is 0 Å². The van der Waals surface area contributed by atoms with Crippen LogP contribution in [-0.4, -0.2) is 75.6 Å². The molecule has 8 nitrogen and oxygen atoms in total. The van der Waals surface area contributed by atoms with Crippen molar-refractivity contribution in [3.8, 4) is 11.5 Å². The molecule has 0 bridgehead atoms. The molecule has 64 heavy (non-hydrogen) atoms. The molecule has 6 aromatic rings. The second-order valence-electron chi connectivity index (χ2n) is 15.3. The molecule has 0 aliphatic rings. The molecule has 6 aromatic carbocycles. The van der Waals surface area contributed by atoms with Crippen LogP contribution in [0, 0.1) is 0 Å². The molecule has 0 heterocycles. The van der Waals surface area contributed by atoms with Crippen LogP contribution in [0.4, 0.5) is 0 Å². The second-order valence-corrected chi connectivity index (χ2v) is 15.3. The van der Waals surface area contributed by atoms with Crippen molar-refractivity contribution in [2.24, 2.45) is 0 Å². The Labute approximate surface area is 378 Å². The van der Waals surface area contributed by atoms with Gasteiger partial charge in [-0.2, -0.15) is 0 Å². The van der Waals surface area contributed by atoms with E-state index >= 15 is 0 Å². The van der Waals surface area contributed by atoms with Crippen LogP contribution >= 0.6 is 0 Å². The standard InChI is InChI=1S/C56H58N2O6/c1-5-51(43-19-11-7-12-20-43)55(45-23-15-9-16-24-45)47-27-31-49(32-28-47)61-39-37-57(3)41-63-53(59)35-36-54(60)64-42-58(4)38-40-62-50-33-29-48(30-34-50)56(46-25-17-10-18-26-46)52(6-2)44-21-13-8-14-22-44/h7-36H,5-6,37-42H2,1-4H3/b36-35-,55-51-,56-52-. The van der Waals surface area contributed by atoms with Crippen LogP contribution in [0.3, 0.4) is 0 Å². The lowest BCUT2D eigenvalue weighted by molar-refractivity contribution is -0.144. The molecule has 0 unspecified atom stereocenters. The fourth-order valence-corrected chi connectivity index (χ4v) is 7.35. The topological polar surface area (TPSA) is 77.5 Å². The lowest BCUT2D eigenvalue weighted by Gasteiger charge is -2.18. The predicted molar refractivity (Wildman–Crippen MR) is 258 cm³/mol. The smallest absolute Gasteiger partial charge is 0.332 e. The highest BCUT2D eigenvalue weighted by molar-refractivity contribution is 5.99. The maximum Gasteiger partial charge on any atom is 0.332 e. The van der Waals surface area contributed by atoms with Gasteiger partial charge in [0, 0.05) is 25.2 Å². The third-order valence-electron chi connectivity index (χ3n) is 10.7. The van der Waals surface area contributed by atoms with E-state index in [1.54, 1.807) is 0 Å². The molecule has 0 amide bonds. The maximum absolute atomic E-state index is 12.3. The second kappa shape index (κ2) is 24.6. The van der Waals surface area contributed by atoms with Crippen molar-refractivity contribution in [3.05, 3.63) is 215 Å². The normalized spacial score (nSPS) is 12.2. The predicted octanol–water partition coefficient (Wildman–Crippen LogP) is 11.3. The summed E-state index contributed by atoms with van der Waals surface area (Å²) < 4.78 is 22.7. The van der Waals surface area contributed by atoms with Gasteiger partial charge in [-0.15, -0.1) is 0 Å². The SMILES string of the molecule is CC/C(=C(\c1ccccc1)c1ccc(OCCN(C)COC(=O)/C=C\C(=O)OCN(C)CCOc2ccc(/C(=C(/CC)c3ccccc3)c3ccccc3)cc2)cc1)c1ccccc1. The summed E-state index contributed by atoms with van der Waals surface area (Å²) in [4.78, 5) is 28.3. The number of ether oxygens (including phenoxy) is 4. The Morgan fingerprint density at radius 1 is 0.422 bits per heavy atom. The summed E-state index contributed by atoms with van der Waals surface area (Å²) in [6.07, 6.45) is 3.92. The van der Waals surface area contributed by atoms with E-state index in [1.807, 2.05) is 72.4 Å². The molecule has 0 aromatic heterocycles. The van der Waals surface area contributed by atoms with Gasteiger partial charge in [-0.25, -0.2) is 9.59 Å². The summed E-state index contributed by atoms with van der Waals surface area (Å²) in [6, 6.07) is 58.3. The molecule has 0 N–H and O–H groups in total. The van der Waals surface area contributed by atoms with Crippen LogP contribution in [-0.2, 0) is 19.1 Å². The van der Waals surface area contributed by atoms with E-state index in [9.17, 15) is 9.59 Å². The summed E-state index contributed by atoms with van der Waals surface area (Å²) in [6.45, 7) is 6.29. The quantitative estimate of drug-likeness (QED) is 0.0289. The molecule has 0 spiro atoms. The molecule has 6 rings (SSSR count). The molecule has 0 saturated carbocycles. The zero-order valence-corrected chi connectivity index (χ0v) is 37.3. The first-order valence-electron chi connectivity index (χ1n) is 21.9. The first-order valence-corrected chi connectivity index (χ1v) is 21.9. The van der Waals surface area contributed by atoms with Gasteiger partial charge in [-0.3, -0.25) is 9.80 Å². The molecular weight excluding hydrogens is 797 g/mol. The average molecular weight is 855 g/mol. The van der Waals surface area contributed by atoms with E-state index in [1.165, 1.54) is 44.5 Å². The molecule has 328 valence electrons. The highest BCUT2D eigenvalue weighted by Gasteiger charge is 2.15. The summed E-state index contributed by atoms with van der Waals surface area (Å²) in [5, 5.41) is 0. The van der Waals surface area contributed by atoms with E-state index in [-0.39, 0.29) is 13.5 Å². The van der Waals surface area contributed by atoms with Gasteiger partial charge >= 0.3 is 11.9 Å². The minimum Gasteiger partial charge on any atom is -0.492 e. The van der Waals surface area contributed by atoms with E-state index in [2.05, 4.69) is 135 Å². The van der Waals surface area contributed by atoms with Crippen molar-refractivity contribution in [2.45, 2.75) is 26.7 Å². The number of allylic oxidation sites excluding steroid dienone is 2. The Morgan fingerprint density at radius 3 is 1.03 bits per heavy atom. The number of nitrogens with zero attached hydrogens (tertiary/aromatic N) is 2. The number of hydrogen-bond acceptors (Lipinski definition) is 8. The van der Waals surface area contributed by atoms with Crippen LogP contribution in [0.25, 0.3) is 22.3 Å². The zero-order chi connectivity index (χ0) is 44.9. The van der Waals surface area contributed by atoms with Crippen molar-refractivity contribution in [3.63, 3.8) is 0 Å². The third-order valence-corrected chi connectivity index (χ3v) is 10.7. The van der Waals surface area contributed by atoms with Crippen molar-refractivity contribution in [1.29, 1.82) is 0 Å². The summed E-state index contributed by atoms with van der Waals surface area (Å²) in [5.74, 6) is 0.212. The lowest BCUT2D eigenvalue weighted by Crippen LogP contribution is -2.28. The molecule has 0 aliphatic heterocycles. The van der Waals surface area contributed by atoms with E-state index in [0.29, 0.717) is 26.3 Å². The Kier molecular flexibility index (Phi) is 17.9. The number of esters is 2. The largest absolute Gasteiger partial charge is 0.492 e. The minimum absolute atomic E-state index is 0.0366. The Balaban J connectivity index is 0.891.